The Labute approximate surface area is 173 Å². The van der Waals surface area contributed by atoms with Crippen LogP contribution in [0, 0.1) is 17.0 Å². The quantitative estimate of drug-likeness (QED) is 0.520. The summed E-state index contributed by atoms with van der Waals surface area (Å²) in [5.41, 5.74) is 0.718. The van der Waals surface area contributed by atoms with Gasteiger partial charge in [-0.05, 0) is 30.0 Å². The zero-order chi connectivity index (χ0) is 22.1. The first kappa shape index (κ1) is 20.9. The first-order chi connectivity index (χ1) is 14.1. The van der Waals surface area contributed by atoms with E-state index in [9.17, 15) is 19.7 Å². The molecule has 1 amide bonds. The fourth-order valence-electron chi connectivity index (χ4n) is 3.17. The van der Waals surface area contributed by atoms with Crippen LogP contribution in [0.5, 0.6) is 0 Å². The van der Waals surface area contributed by atoms with E-state index in [1.807, 2.05) is 32.9 Å². The Morgan fingerprint density at radius 1 is 1.10 bits per heavy atom. The first-order valence-corrected chi connectivity index (χ1v) is 9.35. The van der Waals surface area contributed by atoms with Gasteiger partial charge in [-0.25, -0.2) is 4.68 Å². The summed E-state index contributed by atoms with van der Waals surface area (Å²) in [4.78, 5) is 36.2. The Hall–Kier alpha value is -3.81. The van der Waals surface area contributed by atoms with Crippen molar-refractivity contribution in [2.45, 2.75) is 33.1 Å². The number of aromatic nitrogens is 2. The number of hydrogen-bond acceptors (Lipinski definition) is 5. The van der Waals surface area contributed by atoms with Crippen molar-refractivity contribution in [3.05, 3.63) is 91.9 Å². The number of nitrogens with zero attached hydrogens (tertiary/aromatic N) is 3. The SMILES string of the molecule is Cc1cc(=O)c(C(=O)Nc2ccccc2C(C)(C)C)nn1-c1ccccc1[N+](=O)[O-]. The standard InChI is InChI=1S/C22H22N4O4/c1-14-13-19(27)20(24-25(14)17-11-7-8-12-18(17)26(29)30)21(28)23-16-10-6-5-9-15(16)22(2,3)4/h5-13H,1-4H3,(H,23,28). The van der Waals surface area contributed by atoms with Crippen LogP contribution in [0.2, 0.25) is 0 Å². The molecule has 0 atom stereocenters. The molecule has 0 aliphatic rings. The van der Waals surface area contributed by atoms with Gasteiger partial charge in [0.25, 0.3) is 11.6 Å². The lowest BCUT2D eigenvalue weighted by molar-refractivity contribution is -0.384. The van der Waals surface area contributed by atoms with Gasteiger partial charge in [0.15, 0.2) is 5.69 Å². The van der Waals surface area contributed by atoms with Crippen molar-refractivity contribution in [3.63, 3.8) is 0 Å². The van der Waals surface area contributed by atoms with E-state index in [1.165, 1.54) is 28.9 Å². The average molecular weight is 406 g/mol. The van der Waals surface area contributed by atoms with E-state index < -0.39 is 16.3 Å². The molecule has 0 aliphatic carbocycles. The molecule has 2 aromatic carbocycles. The lowest BCUT2D eigenvalue weighted by Gasteiger charge is -2.23. The molecule has 3 aromatic rings. The molecule has 1 N–H and O–H groups in total. The summed E-state index contributed by atoms with van der Waals surface area (Å²) in [6, 6.07) is 14.6. The Bertz CT molecular complexity index is 1190. The number of para-hydroxylation sites is 3. The number of carbonyl (C=O) groups excluding carboxylic acids is 1. The van der Waals surface area contributed by atoms with Crippen LogP contribution in [0.4, 0.5) is 11.4 Å². The predicted octanol–water partition coefficient (Wildman–Crippen LogP) is 4.00. The Morgan fingerprint density at radius 2 is 1.73 bits per heavy atom. The van der Waals surface area contributed by atoms with Crippen LogP contribution in [0.15, 0.2) is 59.4 Å². The molecule has 8 nitrogen and oxygen atoms in total. The van der Waals surface area contributed by atoms with E-state index in [4.69, 9.17) is 0 Å². The molecule has 8 heteroatoms. The highest BCUT2D eigenvalue weighted by molar-refractivity contribution is 6.03. The Kier molecular flexibility index (Phi) is 5.51. The molecule has 0 radical (unpaired) electrons. The van der Waals surface area contributed by atoms with E-state index in [2.05, 4.69) is 10.4 Å². The molecule has 0 saturated heterocycles. The third kappa shape index (κ3) is 4.12. The molecule has 0 saturated carbocycles. The number of amides is 1. The van der Waals surface area contributed by atoms with Gasteiger partial charge in [0.2, 0.25) is 5.43 Å². The van der Waals surface area contributed by atoms with Crippen LogP contribution in [0.1, 0.15) is 42.5 Å². The van der Waals surface area contributed by atoms with Crippen molar-refractivity contribution < 1.29 is 9.72 Å². The molecule has 1 heterocycles. The summed E-state index contributed by atoms with van der Waals surface area (Å²) in [5, 5.41) is 18.3. The molecule has 0 spiro atoms. The van der Waals surface area contributed by atoms with Crippen LogP contribution in [0.3, 0.4) is 0 Å². The summed E-state index contributed by atoms with van der Waals surface area (Å²) in [6.45, 7) is 7.65. The van der Waals surface area contributed by atoms with E-state index in [-0.39, 0.29) is 22.5 Å². The number of nitrogens with one attached hydrogen (secondary N) is 1. The second kappa shape index (κ2) is 7.90. The second-order valence-electron chi connectivity index (χ2n) is 7.91. The number of carbonyl (C=O) groups is 1. The molecule has 0 aliphatic heterocycles. The van der Waals surface area contributed by atoms with Crippen molar-refractivity contribution in [1.82, 2.24) is 9.78 Å². The van der Waals surface area contributed by atoms with Gasteiger partial charge in [-0.15, -0.1) is 0 Å². The number of rotatable bonds is 4. The molecular formula is C22H22N4O4. The van der Waals surface area contributed by atoms with Gasteiger partial charge in [-0.1, -0.05) is 51.1 Å². The molecule has 154 valence electrons. The van der Waals surface area contributed by atoms with Crippen LogP contribution in [-0.4, -0.2) is 20.6 Å². The largest absolute Gasteiger partial charge is 0.320 e. The Morgan fingerprint density at radius 3 is 2.40 bits per heavy atom. The predicted molar refractivity (Wildman–Crippen MR) is 114 cm³/mol. The van der Waals surface area contributed by atoms with Crippen LogP contribution in [0.25, 0.3) is 5.69 Å². The minimum atomic E-state index is -0.677. The fourth-order valence-corrected chi connectivity index (χ4v) is 3.17. The van der Waals surface area contributed by atoms with E-state index in [0.29, 0.717) is 11.4 Å². The summed E-state index contributed by atoms with van der Waals surface area (Å²) in [6.07, 6.45) is 0. The van der Waals surface area contributed by atoms with Crippen molar-refractivity contribution in [2.24, 2.45) is 0 Å². The van der Waals surface area contributed by atoms with Crippen molar-refractivity contribution >= 4 is 17.3 Å². The van der Waals surface area contributed by atoms with E-state index >= 15 is 0 Å². The van der Waals surface area contributed by atoms with Gasteiger partial charge in [-0.2, -0.15) is 5.10 Å². The van der Waals surface area contributed by atoms with Gasteiger partial charge < -0.3 is 5.32 Å². The number of hydrogen-bond donors (Lipinski definition) is 1. The molecule has 0 unspecified atom stereocenters. The summed E-state index contributed by atoms with van der Waals surface area (Å²) >= 11 is 0. The highest BCUT2D eigenvalue weighted by Gasteiger charge is 2.23. The third-order valence-corrected chi connectivity index (χ3v) is 4.61. The number of nitro groups is 1. The maximum Gasteiger partial charge on any atom is 0.294 e. The summed E-state index contributed by atoms with van der Waals surface area (Å²) in [7, 11) is 0. The minimum Gasteiger partial charge on any atom is -0.320 e. The zero-order valence-corrected chi connectivity index (χ0v) is 17.2. The molecule has 30 heavy (non-hydrogen) atoms. The van der Waals surface area contributed by atoms with Gasteiger partial charge in [0.1, 0.15) is 5.69 Å². The number of aryl methyl sites for hydroxylation is 1. The first-order valence-electron chi connectivity index (χ1n) is 9.35. The molecule has 3 rings (SSSR count). The minimum absolute atomic E-state index is 0.171. The monoisotopic (exact) mass is 406 g/mol. The lowest BCUT2D eigenvalue weighted by Crippen LogP contribution is -2.28. The van der Waals surface area contributed by atoms with Crippen molar-refractivity contribution in [2.75, 3.05) is 5.32 Å². The summed E-state index contributed by atoms with van der Waals surface area (Å²) < 4.78 is 1.24. The van der Waals surface area contributed by atoms with Crippen molar-refractivity contribution in [1.29, 1.82) is 0 Å². The molecule has 1 aromatic heterocycles. The van der Waals surface area contributed by atoms with E-state index in [0.717, 1.165) is 5.56 Å². The van der Waals surface area contributed by atoms with Gasteiger partial charge in [0.05, 0.1) is 4.92 Å². The average Bonchev–Trinajstić information content (AvgIpc) is 2.67. The topological polar surface area (TPSA) is 107 Å². The number of nitro benzene ring substituents is 1. The third-order valence-electron chi connectivity index (χ3n) is 4.61. The Balaban J connectivity index is 2.07. The second-order valence-corrected chi connectivity index (χ2v) is 7.91. The van der Waals surface area contributed by atoms with Gasteiger partial charge in [0, 0.05) is 23.5 Å². The highest BCUT2D eigenvalue weighted by atomic mass is 16.6. The smallest absolute Gasteiger partial charge is 0.294 e. The lowest BCUT2D eigenvalue weighted by atomic mass is 9.86. The number of benzene rings is 2. The van der Waals surface area contributed by atoms with Crippen LogP contribution < -0.4 is 10.7 Å². The van der Waals surface area contributed by atoms with Crippen molar-refractivity contribution in [3.8, 4) is 5.69 Å². The zero-order valence-electron chi connectivity index (χ0n) is 17.2. The van der Waals surface area contributed by atoms with Crippen LogP contribution >= 0.6 is 0 Å². The van der Waals surface area contributed by atoms with E-state index in [1.54, 1.807) is 25.1 Å². The molecule has 0 bridgehead atoms. The number of anilines is 1. The maximum absolute atomic E-state index is 12.9. The molecular weight excluding hydrogens is 384 g/mol. The maximum atomic E-state index is 12.9. The highest BCUT2D eigenvalue weighted by Crippen LogP contribution is 2.29. The normalized spacial score (nSPS) is 11.2. The fraction of sp³-hybridized carbons (Fsp3) is 0.227. The van der Waals surface area contributed by atoms with Crippen LogP contribution in [-0.2, 0) is 5.41 Å². The van der Waals surface area contributed by atoms with Gasteiger partial charge in [-0.3, -0.25) is 19.7 Å². The van der Waals surface area contributed by atoms with Gasteiger partial charge >= 0.3 is 0 Å². The summed E-state index contributed by atoms with van der Waals surface area (Å²) in [5.74, 6) is -0.677. The molecule has 0 fully saturated rings.